The van der Waals surface area contributed by atoms with E-state index in [0.29, 0.717) is 6.04 Å². The Kier molecular flexibility index (Phi) is 6.84. The molecule has 0 aliphatic rings. The number of rotatable bonds is 8. The van der Waals surface area contributed by atoms with Gasteiger partial charge in [0.05, 0.1) is 7.11 Å². The van der Waals surface area contributed by atoms with E-state index >= 15 is 0 Å². The molecule has 0 radical (unpaired) electrons. The lowest BCUT2D eigenvalue weighted by molar-refractivity contribution is 0.226. The number of nitrogens with one attached hydrogen (secondary N) is 1. The molecule has 19 heavy (non-hydrogen) atoms. The Morgan fingerprint density at radius 1 is 1.32 bits per heavy atom. The summed E-state index contributed by atoms with van der Waals surface area (Å²) in [4.78, 5) is 2.19. The summed E-state index contributed by atoms with van der Waals surface area (Å²) in [6.45, 7) is 3.93. The first-order valence-electron chi connectivity index (χ1n) is 6.70. The second kappa shape index (κ2) is 8.15. The van der Waals surface area contributed by atoms with Crippen LogP contribution in [0.2, 0.25) is 0 Å². The highest BCUT2D eigenvalue weighted by Gasteiger charge is 2.14. The minimum atomic E-state index is 0.221. The van der Waals surface area contributed by atoms with Crippen molar-refractivity contribution in [1.29, 1.82) is 0 Å². The van der Waals surface area contributed by atoms with Crippen LogP contribution in [0, 0.1) is 5.92 Å². The molecule has 4 heteroatoms. The molecule has 0 saturated heterocycles. The molecular weight excluding hydrogens is 240 g/mol. The third-order valence-electron chi connectivity index (χ3n) is 3.24. The number of benzene rings is 1. The summed E-state index contributed by atoms with van der Waals surface area (Å²) in [5.74, 6) is 1.17. The topological polar surface area (TPSA) is 44.7 Å². The monoisotopic (exact) mass is 266 g/mol. The molecule has 1 rings (SSSR count). The maximum atomic E-state index is 9.03. The van der Waals surface area contributed by atoms with Gasteiger partial charge in [-0.25, -0.2) is 0 Å². The van der Waals surface area contributed by atoms with Gasteiger partial charge in [-0.2, -0.15) is 0 Å². The van der Waals surface area contributed by atoms with Gasteiger partial charge in [-0.1, -0.05) is 19.1 Å². The van der Waals surface area contributed by atoms with Crippen molar-refractivity contribution in [3.05, 3.63) is 29.8 Å². The number of aliphatic hydroxyl groups is 1. The highest BCUT2D eigenvalue weighted by molar-refractivity contribution is 5.30. The molecule has 2 unspecified atom stereocenters. The molecule has 2 N–H and O–H groups in total. The van der Waals surface area contributed by atoms with Crippen LogP contribution >= 0.6 is 0 Å². The quantitative estimate of drug-likeness (QED) is 0.749. The van der Waals surface area contributed by atoms with Crippen LogP contribution in [-0.4, -0.2) is 50.9 Å². The van der Waals surface area contributed by atoms with Crippen molar-refractivity contribution in [1.82, 2.24) is 10.2 Å². The largest absolute Gasteiger partial charge is 0.497 e. The fraction of sp³-hybridized carbons (Fsp3) is 0.600. The average molecular weight is 266 g/mol. The molecule has 2 atom stereocenters. The second-order valence-electron chi connectivity index (χ2n) is 5.20. The van der Waals surface area contributed by atoms with Gasteiger partial charge in [0.1, 0.15) is 5.75 Å². The van der Waals surface area contributed by atoms with E-state index in [-0.39, 0.29) is 12.5 Å². The summed E-state index contributed by atoms with van der Waals surface area (Å²) < 4.78 is 5.27. The van der Waals surface area contributed by atoms with E-state index in [0.717, 1.165) is 18.8 Å². The van der Waals surface area contributed by atoms with Crippen molar-refractivity contribution >= 4 is 0 Å². The number of aliphatic hydroxyl groups excluding tert-OH is 1. The van der Waals surface area contributed by atoms with Gasteiger partial charge in [0.25, 0.3) is 0 Å². The van der Waals surface area contributed by atoms with Crippen molar-refractivity contribution in [2.24, 2.45) is 5.92 Å². The minimum absolute atomic E-state index is 0.221. The van der Waals surface area contributed by atoms with Crippen molar-refractivity contribution in [3.8, 4) is 5.75 Å². The highest BCUT2D eigenvalue weighted by Crippen LogP contribution is 2.22. The van der Waals surface area contributed by atoms with Crippen LogP contribution in [0.1, 0.15) is 18.5 Å². The Balaban J connectivity index is 2.66. The Hall–Kier alpha value is -1.10. The standard InChI is InChI=1S/C15H26N2O2/c1-12(11-18)9-16-10-15(17(2)3)13-6-5-7-14(8-13)19-4/h5-8,12,15-16,18H,9-11H2,1-4H3. The predicted molar refractivity (Wildman–Crippen MR) is 78.5 cm³/mol. The minimum Gasteiger partial charge on any atom is -0.497 e. The zero-order chi connectivity index (χ0) is 14.3. The molecule has 0 heterocycles. The molecule has 1 aromatic carbocycles. The smallest absolute Gasteiger partial charge is 0.119 e. The summed E-state index contributed by atoms with van der Waals surface area (Å²) in [6, 6.07) is 8.45. The van der Waals surface area contributed by atoms with Gasteiger partial charge in [0, 0.05) is 19.2 Å². The van der Waals surface area contributed by atoms with Crippen LogP contribution in [0.5, 0.6) is 5.75 Å². The first-order chi connectivity index (χ1) is 9.08. The van der Waals surface area contributed by atoms with Gasteiger partial charge >= 0.3 is 0 Å². The molecule has 0 amide bonds. The number of methoxy groups -OCH3 is 1. The van der Waals surface area contributed by atoms with E-state index in [4.69, 9.17) is 9.84 Å². The Bertz CT molecular complexity index is 369. The molecule has 4 nitrogen and oxygen atoms in total. The van der Waals surface area contributed by atoms with E-state index in [1.807, 2.05) is 19.1 Å². The SMILES string of the molecule is COc1cccc(C(CNCC(C)CO)N(C)C)c1. The fourth-order valence-electron chi connectivity index (χ4n) is 1.98. The molecule has 0 aromatic heterocycles. The lowest BCUT2D eigenvalue weighted by atomic mass is 10.1. The number of hydrogen-bond acceptors (Lipinski definition) is 4. The molecule has 0 aliphatic carbocycles. The van der Waals surface area contributed by atoms with Gasteiger partial charge in [-0.3, -0.25) is 0 Å². The van der Waals surface area contributed by atoms with Crippen LogP contribution in [0.3, 0.4) is 0 Å². The number of hydrogen-bond donors (Lipinski definition) is 2. The molecule has 0 fully saturated rings. The zero-order valence-electron chi connectivity index (χ0n) is 12.4. The van der Waals surface area contributed by atoms with Crippen LogP contribution in [0.4, 0.5) is 0 Å². The predicted octanol–water partition coefficient (Wildman–Crippen LogP) is 1.52. The summed E-state index contributed by atoms with van der Waals surface area (Å²) in [5, 5.41) is 12.4. The lowest BCUT2D eigenvalue weighted by Gasteiger charge is -2.26. The van der Waals surface area contributed by atoms with E-state index in [1.54, 1.807) is 7.11 Å². The Morgan fingerprint density at radius 2 is 2.05 bits per heavy atom. The number of likely N-dealkylation sites (N-methyl/N-ethyl adjacent to an activating group) is 1. The summed E-state index contributed by atoms with van der Waals surface area (Å²) in [5.41, 5.74) is 1.23. The van der Waals surface area contributed by atoms with Gasteiger partial charge < -0.3 is 20.1 Å². The number of ether oxygens (including phenoxy) is 1. The van der Waals surface area contributed by atoms with Crippen LogP contribution in [0.25, 0.3) is 0 Å². The van der Waals surface area contributed by atoms with Crippen molar-refractivity contribution < 1.29 is 9.84 Å². The highest BCUT2D eigenvalue weighted by atomic mass is 16.5. The third-order valence-corrected chi connectivity index (χ3v) is 3.24. The van der Waals surface area contributed by atoms with Crippen LogP contribution < -0.4 is 10.1 Å². The fourth-order valence-corrected chi connectivity index (χ4v) is 1.98. The Morgan fingerprint density at radius 3 is 2.63 bits per heavy atom. The van der Waals surface area contributed by atoms with E-state index in [1.165, 1.54) is 5.56 Å². The maximum Gasteiger partial charge on any atom is 0.119 e. The van der Waals surface area contributed by atoms with E-state index in [2.05, 4.69) is 36.4 Å². The third kappa shape index (κ3) is 5.19. The average Bonchev–Trinajstić information content (AvgIpc) is 2.42. The first-order valence-corrected chi connectivity index (χ1v) is 6.70. The molecule has 0 bridgehead atoms. The van der Waals surface area contributed by atoms with E-state index < -0.39 is 0 Å². The Labute approximate surface area is 116 Å². The normalized spacial score (nSPS) is 14.4. The molecule has 108 valence electrons. The maximum absolute atomic E-state index is 9.03. The van der Waals surface area contributed by atoms with Gasteiger partial charge in [-0.15, -0.1) is 0 Å². The molecule has 0 saturated carbocycles. The molecular formula is C15H26N2O2. The molecule has 1 aromatic rings. The van der Waals surface area contributed by atoms with Crippen molar-refractivity contribution in [3.63, 3.8) is 0 Å². The van der Waals surface area contributed by atoms with Crippen LogP contribution in [0.15, 0.2) is 24.3 Å². The second-order valence-corrected chi connectivity index (χ2v) is 5.20. The molecule has 0 aliphatic heterocycles. The first kappa shape index (κ1) is 16.0. The number of nitrogens with zero attached hydrogens (tertiary/aromatic N) is 1. The zero-order valence-corrected chi connectivity index (χ0v) is 12.4. The summed E-state index contributed by atoms with van der Waals surface area (Å²) in [7, 11) is 5.83. The van der Waals surface area contributed by atoms with E-state index in [9.17, 15) is 0 Å². The van der Waals surface area contributed by atoms with Gasteiger partial charge in [0.15, 0.2) is 0 Å². The van der Waals surface area contributed by atoms with Gasteiger partial charge in [-0.05, 0) is 44.3 Å². The van der Waals surface area contributed by atoms with Crippen molar-refractivity contribution in [2.75, 3.05) is 40.9 Å². The summed E-state index contributed by atoms with van der Waals surface area (Å²) in [6.07, 6.45) is 0. The van der Waals surface area contributed by atoms with Gasteiger partial charge in [0.2, 0.25) is 0 Å². The van der Waals surface area contributed by atoms with Crippen molar-refractivity contribution in [2.45, 2.75) is 13.0 Å². The lowest BCUT2D eigenvalue weighted by Crippen LogP contribution is -2.33. The van der Waals surface area contributed by atoms with Crippen LogP contribution in [-0.2, 0) is 0 Å². The molecule has 0 spiro atoms. The summed E-state index contributed by atoms with van der Waals surface area (Å²) >= 11 is 0.